The van der Waals surface area contributed by atoms with Gasteiger partial charge in [-0.1, -0.05) is 40.5 Å². The molecule has 0 unspecified atom stereocenters. The topological polar surface area (TPSA) is 18.5 Å². The van der Waals surface area contributed by atoms with Gasteiger partial charge in [0.15, 0.2) is 0 Å². The van der Waals surface area contributed by atoms with E-state index in [0.29, 0.717) is 5.04 Å². The molecule has 0 heterocycles. The highest BCUT2D eigenvalue weighted by atomic mass is 28.3. The van der Waals surface area contributed by atoms with Crippen LogP contribution in [0.3, 0.4) is 0 Å². The molecule has 3 heteroatoms. The van der Waals surface area contributed by atoms with E-state index in [4.69, 9.17) is 9.16 Å². The average Bonchev–Trinajstić information content (AvgIpc) is 2.15. The number of rotatable bonds is 8. The van der Waals surface area contributed by atoms with Crippen molar-refractivity contribution in [2.24, 2.45) is 0 Å². The van der Waals surface area contributed by atoms with Gasteiger partial charge in [0.05, 0.1) is 0 Å². The monoisotopic (exact) mass is 231 g/mol. The summed E-state index contributed by atoms with van der Waals surface area (Å²) in [5.41, 5.74) is 0. The zero-order chi connectivity index (χ0) is 11.7. The predicted octanol–water partition coefficient (Wildman–Crippen LogP) is 3.63. The van der Waals surface area contributed by atoms with Gasteiger partial charge in [0.1, 0.15) is 0 Å². The molecule has 0 saturated carbocycles. The minimum absolute atomic E-state index is 0.354. The molecule has 0 fully saturated rings. The maximum Gasteiger partial charge on any atom is 0.216 e. The molecule has 0 saturated heterocycles. The van der Waals surface area contributed by atoms with E-state index in [1.54, 1.807) is 7.11 Å². The molecule has 2 nitrogen and oxygen atoms in total. The lowest BCUT2D eigenvalue weighted by Crippen LogP contribution is -2.30. The molecule has 0 aromatic carbocycles. The van der Waals surface area contributed by atoms with Crippen molar-refractivity contribution in [3.05, 3.63) is 0 Å². The second-order valence-corrected chi connectivity index (χ2v) is 8.11. The second kappa shape index (κ2) is 8.31. The summed E-state index contributed by atoms with van der Waals surface area (Å²) in [5, 5.41) is 0.354. The number of hydrogen-bond acceptors (Lipinski definition) is 2. The fourth-order valence-corrected chi connectivity index (χ4v) is 3.79. The molecule has 0 N–H and O–H groups in total. The normalized spacial score (nSPS) is 12.4. The first-order chi connectivity index (χ1) is 7.02. The fourth-order valence-electron chi connectivity index (χ4n) is 1.40. The Bertz CT molecular complexity index is 143. The molecule has 0 bridgehead atoms. The fraction of sp³-hybridized carbons (Fsp3) is 1.00. The number of unbranched alkanes of at least 4 members (excludes halogenated alkanes) is 1. The third kappa shape index (κ3) is 8.00. The van der Waals surface area contributed by atoms with Crippen molar-refractivity contribution < 1.29 is 9.16 Å². The SMILES string of the molecule is CCCC[Si](OCCCOC)C(C)(C)C. The maximum absolute atomic E-state index is 6.03. The number of methoxy groups -OCH3 is 1. The standard InChI is InChI=1S/C12H27O2Si/c1-6-7-11-15(12(2,3)4)14-10-8-9-13-5/h6-11H2,1-5H3. The summed E-state index contributed by atoms with van der Waals surface area (Å²) < 4.78 is 11.1. The van der Waals surface area contributed by atoms with Crippen molar-refractivity contribution in [1.29, 1.82) is 0 Å². The van der Waals surface area contributed by atoms with Crippen LogP contribution < -0.4 is 0 Å². The lowest BCUT2D eigenvalue weighted by molar-refractivity contribution is 0.169. The largest absolute Gasteiger partial charge is 0.416 e. The molecule has 0 spiro atoms. The Balaban J connectivity index is 3.81. The Kier molecular flexibility index (Phi) is 8.38. The highest BCUT2D eigenvalue weighted by molar-refractivity contribution is 6.55. The smallest absolute Gasteiger partial charge is 0.216 e. The van der Waals surface area contributed by atoms with Gasteiger partial charge in [-0.3, -0.25) is 0 Å². The van der Waals surface area contributed by atoms with Gasteiger partial charge in [-0.2, -0.15) is 0 Å². The molecule has 91 valence electrons. The van der Waals surface area contributed by atoms with Crippen molar-refractivity contribution in [1.82, 2.24) is 0 Å². The van der Waals surface area contributed by atoms with E-state index in [-0.39, 0.29) is 0 Å². The molecule has 0 aliphatic rings. The lowest BCUT2D eigenvalue weighted by atomic mass is 10.2. The van der Waals surface area contributed by atoms with Gasteiger partial charge in [-0.25, -0.2) is 0 Å². The number of ether oxygens (including phenoxy) is 1. The zero-order valence-electron chi connectivity index (χ0n) is 11.1. The first-order valence-corrected chi connectivity index (χ1v) is 7.62. The van der Waals surface area contributed by atoms with Gasteiger partial charge in [0, 0.05) is 20.3 Å². The van der Waals surface area contributed by atoms with E-state index in [2.05, 4.69) is 27.7 Å². The summed E-state index contributed by atoms with van der Waals surface area (Å²) in [6.45, 7) is 10.8. The summed E-state index contributed by atoms with van der Waals surface area (Å²) in [7, 11) is 1.08. The van der Waals surface area contributed by atoms with Crippen LogP contribution in [-0.4, -0.2) is 29.4 Å². The quantitative estimate of drug-likeness (QED) is 0.469. The molecule has 1 radical (unpaired) electrons. The van der Waals surface area contributed by atoms with Crippen LogP contribution in [-0.2, 0) is 9.16 Å². The molecule has 0 aromatic rings. The van der Waals surface area contributed by atoms with Gasteiger partial charge in [-0.15, -0.1) is 0 Å². The van der Waals surface area contributed by atoms with Crippen LogP contribution in [0, 0.1) is 0 Å². The number of hydrogen-bond donors (Lipinski definition) is 0. The van der Waals surface area contributed by atoms with E-state index in [1.807, 2.05) is 0 Å². The third-order valence-corrected chi connectivity index (χ3v) is 5.40. The molecule has 0 aliphatic heterocycles. The second-order valence-electron chi connectivity index (χ2n) is 4.97. The lowest BCUT2D eigenvalue weighted by Gasteiger charge is -2.28. The highest BCUT2D eigenvalue weighted by Gasteiger charge is 2.28. The molecular formula is C12H27O2Si. The molecular weight excluding hydrogens is 204 g/mol. The first kappa shape index (κ1) is 15.1. The highest BCUT2D eigenvalue weighted by Crippen LogP contribution is 2.31. The Morgan fingerprint density at radius 2 is 1.73 bits per heavy atom. The zero-order valence-corrected chi connectivity index (χ0v) is 12.1. The molecule has 0 aliphatic carbocycles. The van der Waals surface area contributed by atoms with Gasteiger partial charge >= 0.3 is 0 Å². The summed E-state index contributed by atoms with van der Waals surface area (Å²) in [4.78, 5) is 0. The molecule has 0 amide bonds. The predicted molar refractivity (Wildman–Crippen MR) is 67.6 cm³/mol. The minimum atomic E-state index is -0.659. The van der Waals surface area contributed by atoms with E-state index in [9.17, 15) is 0 Å². The Hall–Kier alpha value is 0.137. The van der Waals surface area contributed by atoms with Crippen LogP contribution in [0.1, 0.15) is 47.0 Å². The molecule has 0 atom stereocenters. The average molecular weight is 231 g/mol. The van der Waals surface area contributed by atoms with Crippen LogP contribution in [0.15, 0.2) is 0 Å². The van der Waals surface area contributed by atoms with Crippen LogP contribution in [0.25, 0.3) is 0 Å². The van der Waals surface area contributed by atoms with Gasteiger partial charge in [0.2, 0.25) is 9.04 Å². The van der Waals surface area contributed by atoms with Gasteiger partial charge in [0.25, 0.3) is 0 Å². The van der Waals surface area contributed by atoms with E-state index >= 15 is 0 Å². The summed E-state index contributed by atoms with van der Waals surface area (Å²) in [6, 6.07) is 1.28. The molecule has 0 rings (SSSR count). The Morgan fingerprint density at radius 3 is 2.20 bits per heavy atom. The van der Waals surface area contributed by atoms with Crippen molar-refractivity contribution in [3.63, 3.8) is 0 Å². The van der Waals surface area contributed by atoms with Crippen molar-refractivity contribution >= 4 is 9.04 Å². The van der Waals surface area contributed by atoms with Crippen LogP contribution in [0.5, 0.6) is 0 Å². The van der Waals surface area contributed by atoms with Crippen LogP contribution in [0.4, 0.5) is 0 Å². The van der Waals surface area contributed by atoms with Crippen molar-refractivity contribution in [2.75, 3.05) is 20.3 Å². The van der Waals surface area contributed by atoms with Gasteiger partial charge < -0.3 is 9.16 Å². The van der Waals surface area contributed by atoms with E-state index in [1.165, 1.54) is 18.9 Å². The Morgan fingerprint density at radius 1 is 1.07 bits per heavy atom. The van der Waals surface area contributed by atoms with Crippen LogP contribution >= 0.6 is 0 Å². The van der Waals surface area contributed by atoms with E-state index < -0.39 is 9.04 Å². The molecule has 15 heavy (non-hydrogen) atoms. The van der Waals surface area contributed by atoms with Gasteiger partial charge in [-0.05, 0) is 17.5 Å². The van der Waals surface area contributed by atoms with Crippen molar-refractivity contribution in [2.45, 2.75) is 58.0 Å². The summed E-state index contributed by atoms with van der Waals surface area (Å²) >= 11 is 0. The third-order valence-electron chi connectivity index (χ3n) is 2.36. The van der Waals surface area contributed by atoms with Crippen molar-refractivity contribution in [3.8, 4) is 0 Å². The Labute approximate surface area is 97.1 Å². The van der Waals surface area contributed by atoms with Crippen LogP contribution in [0.2, 0.25) is 11.1 Å². The summed E-state index contributed by atoms with van der Waals surface area (Å²) in [5.74, 6) is 0. The molecule has 0 aromatic heterocycles. The van der Waals surface area contributed by atoms with E-state index in [0.717, 1.165) is 19.6 Å². The summed E-state index contributed by atoms with van der Waals surface area (Å²) in [6.07, 6.45) is 3.59. The maximum atomic E-state index is 6.03. The first-order valence-electron chi connectivity index (χ1n) is 6.00. The minimum Gasteiger partial charge on any atom is -0.416 e.